The molecule has 1 aromatic carbocycles. The van der Waals surface area contributed by atoms with Crippen LogP contribution in [0.5, 0.6) is 0 Å². The highest BCUT2D eigenvalue weighted by Crippen LogP contribution is 2.27. The maximum atomic E-state index is 5.77. The van der Waals surface area contributed by atoms with E-state index in [2.05, 4.69) is 48.4 Å². The number of thiazole rings is 1. The minimum Gasteiger partial charge on any atom is -0.389 e. The van der Waals surface area contributed by atoms with Gasteiger partial charge in [-0.1, -0.05) is 37.3 Å². The van der Waals surface area contributed by atoms with Gasteiger partial charge in [-0.3, -0.25) is 0 Å². The average molecular weight is 247 g/mol. The zero-order valence-corrected chi connectivity index (χ0v) is 11.1. The number of aromatic nitrogens is 1. The van der Waals surface area contributed by atoms with Gasteiger partial charge in [-0.05, 0) is 30.5 Å². The molecule has 0 bridgehead atoms. The lowest BCUT2D eigenvalue weighted by atomic mass is 10.0. The molecular formula is C13H17N3S. The summed E-state index contributed by atoms with van der Waals surface area (Å²) in [5.74, 6) is 0.557. The predicted molar refractivity (Wildman–Crippen MR) is 75.1 cm³/mol. The van der Waals surface area contributed by atoms with Crippen molar-refractivity contribution in [1.29, 1.82) is 0 Å². The van der Waals surface area contributed by atoms with Crippen molar-refractivity contribution in [3.8, 4) is 0 Å². The number of benzene rings is 1. The molecule has 0 radical (unpaired) electrons. The minimum atomic E-state index is 0.557. The molecule has 17 heavy (non-hydrogen) atoms. The van der Waals surface area contributed by atoms with Gasteiger partial charge in [0, 0.05) is 5.69 Å². The molecule has 90 valence electrons. The van der Waals surface area contributed by atoms with E-state index >= 15 is 0 Å². The summed E-state index contributed by atoms with van der Waals surface area (Å²) in [6, 6.07) is 8.41. The Morgan fingerprint density at radius 3 is 2.35 bits per heavy atom. The maximum absolute atomic E-state index is 5.77. The number of hydrogen-bond acceptors (Lipinski definition) is 4. The first-order valence-electron chi connectivity index (χ1n) is 5.66. The summed E-state index contributed by atoms with van der Waals surface area (Å²) in [6.45, 7) is 6.29. The molecule has 0 aliphatic heterocycles. The molecule has 0 fully saturated rings. The molecule has 0 amide bonds. The lowest BCUT2D eigenvalue weighted by Gasteiger charge is -2.07. The first-order valence-corrected chi connectivity index (χ1v) is 6.48. The van der Waals surface area contributed by atoms with Gasteiger partial charge in [-0.25, -0.2) is 4.98 Å². The van der Waals surface area contributed by atoms with E-state index in [-0.39, 0.29) is 0 Å². The summed E-state index contributed by atoms with van der Waals surface area (Å²) in [4.78, 5) is 4.35. The zero-order valence-electron chi connectivity index (χ0n) is 10.3. The van der Waals surface area contributed by atoms with Gasteiger partial charge < -0.3 is 11.1 Å². The predicted octanol–water partition coefficient (Wildman–Crippen LogP) is 3.90. The van der Waals surface area contributed by atoms with Crippen LogP contribution in [0, 0.1) is 6.92 Å². The molecule has 0 unspecified atom stereocenters. The lowest BCUT2D eigenvalue weighted by Crippen LogP contribution is -1.91. The van der Waals surface area contributed by atoms with Crippen LogP contribution in [0.3, 0.4) is 0 Å². The molecule has 4 heteroatoms. The van der Waals surface area contributed by atoms with E-state index in [1.807, 2.05) is 6.92 Å². The van der Waals surface area contributed by atoms with Gasteiger partial charge >= 0.3 is 0 Å². The quantitative estimate of drug-likeness (QED) is 0.864. The normalized spacial score (nSPS) is 10.8. The second-order valence-electron chi connectivity index (χ2n) is 4.37. The SMILES string of the molecule is Cc1nc(Nc2ccc(C(C)C)cc2)sc1N. The monoisotopic (exact) mass is 247 g/mol. The highest BCUT2D eigenvalue weighted by atomic mass is 32.1. The third-order valence-electron chi connectivity index (χ3n) is 2.66. The molecule has 2 rings (SSSR count). The third-order valence-corrected chi connectivity index (χ3v) is 3.56. The molecule has 0 atom stereocenters. The van der Waals surface area contributed by atoms with Crippen molar-refractivity contribution in [1.82, 2.24) is 4.98 Å². The van der Waals surface area contributed by atoms with E-state index in [0.29, 0.717) is 5.92 Å². The van der Waals surface area contributed by atoms with Crippen LogP contribution in [-0.4, -0.2) is 4.98 Å². The summed E-state index contributed by atoms with van der Waals surface area (Å²) in [7, 11) is 0. The Bertz CT molecular complexity index is 480. The first-order chi connectivity index (χ1) is 8.06. The topological polar surface area (TPSA) is 50.9 Å². The highest BCUT2D eigenvalue weighted by Gasteiger charge is 2.04. The Morgan fingerprint density at radius 2 is 1.88 bits per heavy atom. The second kappa shape index (κ2) is 4.75. The van der Waals surface area contributed by atoms with Gasteiger partial charge in [-0.2, -0.15) is 0 Å². The van der Waals surface area contributed by atoms with Crippen molar-refractivity contribution in [2.75, 3.05) is 11.1 Å². The Kier molecular flexibility index (Phi) is 3.33. The summed E-state index contributed by atoms with van der Waals surface area (Å²) >= 11 is 1.48. The van der Waals surface area contributed by atoms with Crippen LogP contribution in [0.4, 0.5) is 15.8 Å². The average Bonchev–Trinajstić information content (AvgIpc) is 2.58. The van der Waals surface area contributed by atoms with Gasteiger partial charge in [0.15, 0.2) is 5.13 Å². The van der Waals surface area contributed by atoms with Crippen LogP contribution >= 0.6 is 11.3 Å². The third kappa shape index (κ3) is 2.77. The smallest absolute Gasteiger partial charge is 0.189 e. The van der Waals surface area contributed by atoms with E-state index in [4.69, 9.17) is 5.73 Å². The fourth-order valence-corrected chi connectivity index (χ4v) is 2.29. The van der Waals surface area contributed by atoms with E-state index in [1.165, 1.54) is 16.9 Å². The molecule has 0 aliphatic rings. The van der Waals surface area contributed by atoms with E-state index in [9.17, 15) is 0 Å². The number of nitrogens with zero attached hydrogens (tertiary/aromatic N) is 1. The van der Waals surface area contributed by atoms with Crippen molar-refractivity contribution in [2.45, 2.75) is 26.7 Å². The second-order valence-corrected chi connectivity index (χ2v) is 5.40. The Labute approximate surface area is 106 Å². The van der Waals surface area contributed by atoms with Crippen molar-refractivity contribution in [3.05, 3.63) is 35.5 Å². The fourth-order valence-electron chi connectivity index (χ4n) is 1.54. The van der Waals surface area contributed by atoms with Gasteiger partial charge in [0.1, 0.15) is 5.00 Å². The molecule has 0 spiro atoms. The van der Waals surface area contributed by atoms with Gasteiger partial charge in [0.2, 0.25) is 0 Å². The summed E-state index contributed by atoms with van der Waals surface area (Å²) in [5.41, 5.74) is 9.04. The van der Waals surface area contributed by atoms with Crippen molar-refractivity contribution in [3.63, 3.8) is 0 Å². The molecular weight excluding hydrogens is 230 g/mol. The van der Waals surface area contributed by atoms with Crippen molar-refractivity contribution < 1.29 is 0 Å². The molecule has 3 N–H and O–H groups in total. The summed E-state index contributed by atoms with van der Waals surface area (Å²) in [6.07, 6.45) is 0. The summed E-state index contributed by atoms with van der Waals surface area (Å²) in [5, 5.41) is 4.87. The molecule has 0 saturated carbocycles. The molecule has 1 heterocycles. The number of nitrogens with one attached hydrogen (secondary N) is 1. The Balaban J connectivity index is 2.13. The van der Waals surface area contributed by atoms with Gasteiger partial charge in [-0.15, -0.1) is 0 Å². The molecule has 0 saturated heterocycles. The van der Waals surface area contributed by atoms with Crippen LogP contribution in [0.1, 0.15) is 31.0 Å². The van der Waals surface area contributed by atoms with Crippen LogP contribution in [0.15, 0.2) is 24.3 Å². The van der Waals surface area contributed by atoms with E-state index in [1.54, 1.807) is 0 Å². The van der Waals surface area contributed by atoms with Crippen molar-refractivity contribution >= 4 is 27.2 Å². The summed E-state index contributed by atoms with van der Waals surface area (Å²) < 4.78 is 0. The fraction of sp³-hybridized carbons (Fsp3) is 0.308. The molecule has 0 aliphatic carbocycles. The maximum Gasteiger partial charge on any atom is 0.189 e. The van der Waals surface area contributed by atoms with Crippen LogP contribution in [0.2, 0.25) is 0 Å². The molecule has 2 aromatic rings. The van der Waals surface area contributed by atoms with E-state index < -0.39 is 0 Å². The number of hydrogen-bond donors (Lipinski definition) is 2. The molecule has 1 aromatic heterocycles. The largest absolute Gasteiger partial charge is 0.389 e. The minimum absolute atomic E-state index is 0.557. The Hall–Kier alpha value is -1.55. The van der Waals surface area contributed by atoms with Crippen LogP contribution < -0.4 is 11.1 Å². The number of aryl methyl sites for hydroxylation is 1. The number of rotatable bonds is 3. The van der Waals surface area contributed by atoms with Crippen LogP contribution in [0.25, 0.3) is 0 Å². The van der Waals surface area contributed by atoms with Crippen molar-refractivity contribution in [2.24, 2.45) is 0 Å². The first kappa shape index (κ1) is 11.9. The van der Waals surface area contributed by atoms with Gasteiger partial charge in [0.05, 0.1) is 5.69 Å². The van der Waals surface area contributed by atoms with E-state index in [0.717, 1.165) is 21.5 Å². The van der Waals surface area contributed by atoms with Crippen LogP contribution in [-0.2, 0) is 0 Å². The van der Waals surface area contributed by atoms with Gasteiger partial charge in [0.25, 0.3) is 0 Å². The highest BCUT2D eigenvalue weighted by molar-refractivity contribution is 7.19. The number of nitrogen functional groups attached to an aromatic ring is 1. The number of nitrogens with two attached hydrogens (primary N) is 1. The number of anilines is 3. The Morgan fingerprint density at radius 1 is 1.24 bits per heavy atom. The zero-order chi connectivity index (χ0) is 12.4. The molecule has 3 nitrogen and oxygen atoms in total. The standard InChI is InChI=1S/C13H17N3S/c1-8(2)10-4-6-11(7-5-10)16-13-15-9(3)12(14)17-13/h4-8H,14H2,1-3H3,(H,15,16). The lowest BCUT2D eigenvalue weighted by molar-refractivity contribution is 0.867.